The van der Waals surface area contributed by atoms with E-state index in [-0.39, 0.29) is 18.5 Å². The largest absolute Gasteiger partial charge is 0.388 e. The van der Waals surface area contributed by atoms with Gasteiger partial charge in [-0.05, 0) is 12.5 Å². The van der Waals surface area contributed by atoms with E-state index in [2.05, 4.69) is 0 Å². The Balaban J connectivity index is 2.54. The van der Waals surface area contributed by atoms with Crippen LogP contribution in [0.2, 0.25) is 0 Å². The van der Waals surface area contributed by atoms with Crippen molar-refractivity contribution in [2.24, 2.45) is 5.14 Å². The lowest BCUT2D eigenvalue weighted by atomic mass is 10.1. The summed E-state index contributed by atoms with van der Waals surface area (Å²) in [7, 11) is -3.77. The third-order valence-electron chi connectivity index (χ3n) is 1.99. The van der Waals surface area contributed by atoms with Gasteiger partial charge >= 0.3 is 0 Å². The zero-order chi connectivity index (χ0) is 12.2. The van der Waals surface area contributed by atoms with Crippen LogP contribution in [0.3, 0.4) is 0 Å². The third kappa shape index (κ3) is 4.23. The zero-order valence-electron chi connectivity index (χ0n) is 8.43. The Hall–Kier alpha value is -1.02. The molecule has 4 N–H and O–H groups in total. The molecule has 0 aliphatic rings. The molecule has 0 bridgehead atoms. The monoisotopic (exact) mass is 248 g/mol. The van der Waals surface area contributed by atoms with E-state index < -0.39 is 22.1 Å². The van der Waals surface area contributed by atoms with Gasteiger partial charge in [-0.15, -0.1) is 0 Å². The lowest BCUT2D eigenvalue weighted by molar-refractivity contribution is 0.164. The average molecular weight is 248 g/mol. The van der Waals surface area contributed by atoms with Crippen LogP contribution in [0.15, 0.2) is 24.3 Å². The SMILES string of the molecule is NS(=O)(=O)NCC[C@H](O)c1ccccc1F. The Kier molecular flexibility index (Phi) is 4.36. The number of nitrogens with two attached hydrogens (primary N) is 1. The van der Waals surface area contributed by atoms with Crippen LogP contribution in [0, 0.1) is 5.82 Å². The summed E-state index contributed by atoms with van der Waals surface area (Å²) in [5.41, 5.74) is 0.138. The highest BCUT2D eigenvalue weighted by Crippen LogP contribution is 2.18. The van der Waals surface area contributed by atoms with Crippen molar-refractivity contribution in [3.63, 3.8) is 0 Å². The summed E-state index contributed by atoms with van der Waals surface area (Å²) >= 11 is 0. The number of nitrogens with one attached hydrogen (secondary N) is 1. The Bertz CT molecular complexity index is 450. The predicted octanol–water partition coefficient (Wildman–Crippen LogP) is 0.0423. The van der Waals surface area contributed by atoms with Crippen LogP contribution in [0.1, 0.15) is 18.1 Å². The Morgan fingerprint density at radius 2 is 2.06 bits per heavy atom. The minimum Gasteiger partial charge on any atom is -0.388 e. The highest BCUT2D eigenvalue weighted by Gasteiger charge is 2.12. The molecule has 1 rings (SSSR count). The lowest BCUT2D eigenvalue weighted by Gasteiger charge is -2.11. The number of hydrogen-bond acceptors (Lipinski definition) is 3. The summed E-state index contributed by atoms with van der Waals surface area (Å²) in [6.07, 6.45) is -1.01. The molecule has 0 saturated heterocycles. The molecule has 5 nitrogen and oxygen atoms in total. The molecule has 0 amide bonds. The van der Waals surface area contributed by atoms with Gasteiger partial charge in [0.2, 0.25) is 0 Å². The number of benzene rings is 1. The van der Waals surface area contributed by atoms with Crippen molar-refractivity contribution in [3.8, 4) is 0 Å². The summed E-state index contributed by atoms with van der Waals surface area (Å²) in [6, 6.07) is 5.77. The number of halogens is 1. The highest BCUT2D eigenvalue weighted by atomic mass is 32.2. The van der Waals surface area contributed by atoms with Gasteiger partial charge in [0.1, 0.15) is 5.82 Å². The van der Waals surface area contributed by atoms with Crippen LogP contribution in [0.5, 0.6) is 0 Å². The molecular weight excluding hydrogens is 235 g/mol. The van der Waals surface area contributed by atoms with Gasteiger partial charge in [0.15, 0.2) is 0 Å². The fraction of sp³-hybridized carbons (Fsp3) is 0.333. The van der Waals surface area contributed by atoms with E-state index in [4.69, 9.17) is 5.14 Å². The van der Waals surface area contributed by atoms with E-state index in [1.54, 1.807) is 6.07 Å². The zero-order valence-corrected chi connectivity index (χ0v) is 9.24. The van der Waals surface area contributed by atoms with Crippen LogP contribution in [0.25, 0.3) is 0 Å². The molecule has 16 heavy (non-hydrogen) atoms. The first-order valence-corrected chi connectivity index (χ1v) is 6.14. The van der Waals surface area contributed by atoms with E-state index in [1.807, 2.05) is 4.72 Å². The fourth-order valence-electron chi connectivity index (χ4n) is 1.24. The van der Waals surface area contributed by atoms with Crippen molar-refractivity contribution in [3.05, 3.63) is 35.6 Å². The second-order valence-corrected chi connectivity index (χ2v) is 4.64. The molecule has 7 heteroatoms. The minimum atomic E-state index is -3.77. The van der Waals surface area contributed by atoms with Gasteiger partial charge in [0.25, 0.3) is 10.2 Å². The molecule has 1 atom stereocenters. The molecule has 0 fully saturated rings. The van der Waals surface area contributed by atoms with Gasteiger partial charge in [-0.3, -0.25) is 0 Å². The summed E-state index contributed by atoms with van der Waals surface area (Å²) in [4.78, 5) is 0. The highest BCUT2D eigenvalue weighted by molar-refractivity contribution is 7.87. The molecular formula is C9H13FN2O3S. The number of aliphatic hydroxyl groups excluding tert-OH is 1. The quantitative estimate of drug-likeness (QED) is 0.687. The van der Waals surface area contributed by atoms with Gasteiger partial charge in [0, 0.05) is 12.1 Å². The van der Waals surface area contributed by atoms with E-state index in [9.17, 15) is 17.9 Å². The first-order chi connectivity index (χ1) is 7.40. The molecule has 0 unspecified atom stereocenters. The number of hydrogen-bond donors (Lipinski definition) is 3. The van der Waals surface area contributed by atoms with Crippen molar-refractivity contribution in [2.75, 3.05) is 6.54 Å². The van der Waals surface area contributed by atoms with Crippen molar-refractivity contribution in [1.82, 2.24) is 4.72 Å². The van der Waals surface area contributed by atoms with Gasteiger partial charge in [-0.25, -0.2) is 14.3 Å². The molecule has 0 radical (unpaired) electrons. The van der Waals surface area contributed by atoms with Crippen molar-refractivity contribution >= 4 is 10.2 Å². The second-order valence-electron chi connectivity index (χ2n) is 3.27. The van der Waals surface area contributed by atoms with Crippen molar-refractivity contribution in [2.45, 2.75) is 12.5 Å². The Labute approximate surface area is 93.3 Å². The molecule has 1 aromatic carbocycles. The van der Waals surface area contributed by atoms with E-state index in [1.165, 1.54) is 18.2 Å². The lowest BCUT2D eigenvalue weighted by Crippen LogP contribution is -2.32. The maximum atomic E-state index is 13.2. The second kappa shape index (κ2) is 5.35. The van der Waals surface area contributed by atoms with E-state index in [0.29, 0.717) is 0 Å². The normalized spacial score (nSPS) is 13.7. The topological polar surface area (TPSA) is 92.4 Å². The summed E-state index contributed by atoms with van der Waals surface area (Å²) in [5, 5.41) is 14.3. The average Bonchev–Trinajstić information content (AvgIpc) is 2.16. The fourth-order valence-corrected chi connectivity index (χ4v) is 1.64. The first kappa shape index (κ1) is 13.0. The molecule has 90 valence electrons. The summed E-state index contributed by atoms with van der Waals surface area (Å²) in [6.45, 7) is -0.0473. The standard InChI is InChI=1S/C9H13FN2O3S/c10-8-4-2-1-3-7(8)9(13)5-6-12-16(11,14)15/h1-4,9,12-13H,5-6H2,(H2,11,14,15)/t9-/m0/s1. The van der Waals surface area contributed by atoms with Crippen LogP contribution in [-0.2, 0) is 10.2 Å². The predicted molar refractivity (Wildman–Crippen MR) is 57.1 cm³/mol. The van der Waals surface area contributed by atoms with Gasteiger partial charge < -0.3 is 5.11 Å². The molecule has 0 saturated carbocycles. The molecule has 0 aliphatic heterocycles. The van der Waals surface area contributed by atoms with Crippen molar-refractivity contribution in [1.29, 1.82) is 0 Å². The molecule has 1 aromatic rings. The van der Waals surface area contributed by atoms with Gasteiger partial charge in [-0.1, -0.05) is 18.2 Å². The molecule has 0 aromatic heterocycles. The smallest absolute Gasteiger partial charge is 0.274 e. The molecule has 0 spiro atoms. The summed E-state index contributed by atoms with van der Waals surface area (Å²) < 4.78 is 36.2. The van der Waals surface area contributed by atoms with Crippen molar-refractivity contribution < 1.29 is 17.9 Å². The van der Waals surface area contributed by atoms with Crippen LogP contribution < -0.4 is 9.86 Å². The Morgan fingerprint density at radius 1 is 1.44 bits per heavy atom. The Morgan fingerprint density at radius 3 is 2.62 bits per heavy atom. The van der Waals surface area contributed by atoms with Gasteiger partial charge in [0.05, 0.1) is 6.10 Å². The number of rotatable bonds is 5. The maximum Gasteiger partial charge on any atom is 0.274 e. The van der Waals surface area contributed by atoms with Crippen LogP contribution in [-0.4, -0.2) is 20.1 Å². The number of aliphatic hydroxyl groups is 1. The first-order valence-electron chi connectivity index (χ1n) is 4.60. The van der Waals surface area contributed by atoms with E-state index >= 15 is 0 Å². The van der Waals surface area contributed by atoms with Gasteiger partial charge in [-0.2, -0.15) is 8.42 Å². The molecule has 0 heterocycles. The minimum absolute atomic E-state index is 0.0473. The van der Waals surface area contributed by atoms with Crippen LogP contribution in [0.4, 0.5) is 4.39 Å². The molecule has 0 aliphatic carbocycles. The van der Waals surface area contributed by atoms with E-state index in [0.717, 1.165) is 0 Å². The third-order valence-corrected chi connectivity index (χ3v) is 2.59. The van der Waals surface area contributed by atoms with Crippen LogP contribution >= 0.6 is 0 Å². The summed E-state index contributed by atoms with van der Waals surface area (Å²) in [5.74, 6) is -0.523. The maximum absolute atomic E-state index is 13.2.